The number of nitrogens with zero attached hydrogens (tertiary/aromatic N) is 1. The molecule has 0 aromatic rings. The molecule has 37 heavy (non-hydrogen) atoms. The quantitative estimate of drug-likeness (QED) is 0.393. The highest BCUT2D eigenvalue weighted by molar-refractivity contribution is 5.95. The summed E-state index contributed by atoms with van der Waals surface area (Å²) in [6.07, 6.45) is 10.8. The Bertz CT molecular complexity index is 1170. The van der Waals surface area contributed by atoms with Gasteiger partial charge in [-0.2, -0.15) is 5.26 Å². The molecule has 3 fully saturated rings. The van der Waals surface area contributed by atoms with Crippen LogP contribution < -0.4 is 5.32 Å². The predicted octanol–water partition coefficient (Wildman–Crippen LogP) is 6.55. The van der Waals surface area contributed by atoms with Crippen LogP contribution in [0.1, 0.15) is 86.0 Å². The van der Waals surface area contributed by atoms with Crippen LogP contribution in [-0.2, 0) is 9.53 Å². The fraction of sp³-hybridized carbons (Fsp3) is 0.710. The van der Waals surface area contributed by atoms with Gasteiger partial charge >= 0.3 is 6.09 Å². The van der Waals surface area contributed by atoms with Crippen molar-refractivity contribution in [2.24, 2.45) is 39.9 Å². The summed E-state index contributed by atoms with van der Waals surface area (Å²) in [4.78, 5) is 26.6. The highest BCUT2D eigenvalue weighted by Gasteiger charge is 2.64. The summed E-state index contributed by atoms with van der Waals surface area (Å²) < 4.78 is 5.03. The van der Waals surface area contributed by atoms with E-state index in [9.17, 15) is 20.0 Å². The maximum atomic E-state index is 14.2. The molecule has 1 amide bonds. The van der Waals surface area contributed by atoms with Gasteiger partial charge in [-0.1, -0.05) is 39.3 Å². The number of nitrogens with one attached hydrogen (secondary N) is 1. The van der Waals surface area contributed by atoms with E-state index in [-0.39, 0.29) is 51.5 Å². The molecule has 0 saturated heterocycles. The molecule has 7 atom stereocenters. The van der Waals surface area contributed by atoms with Gasteiger partial charge in [0.15, 0.2) is 5.78 Å². The smallest absolute Gasteiger partial charge is 0.407 e. The van der Waals surface area contributed by atoms with Crippen LogP contribution in [-0.4, -0.2) is 29.6 Å². The number of allylic oxidation sites excluding steroid dienone is 6. The second kappa shape index (κ2) is 8.48. The number of alkyl carbamates (subject to hydrolysis) is 1. The molecule has 6 heteroatoms. The summed E-state index contributed by atoms with van der Waals surface area (Å²) in [5, 5.41) is 23.4. The molecule has 3 saturated carbocycles. The fourth-order valence-corrected chi connectivity index (χ4v) is 9.26. The molecule has 0 spiro atoms. The first-order valence-electron chi connectivity index (χ1n) is 13.9. The normalized spacial score (nSPS) is 43.4. The molecule has 0 aliphatic heterocycles. The van der Waals surface area contributed by atoms with E-state index in [1.165, 1.54) is 12.7 Å². The highest BCUT2D eigenvalue weighted by Crippen LogP contribution is 2.68. The van der Waals surface area contributed by atoms with Gasteiger partial charge in [0.05, 0.1) is 24.5 Å². The summed E-state index contributed by atoms with van der Waals surface area (Å²) in [6, 6.07) is 2.32. The van der Waals surface area contributed by atoms with Crippen molar-refractivity contribution < 1.29 is 19.4 Å². The van der Waals surface area contributed by atoms with Crippen LogP contribution in [0, 0.1) is 51.2 Å². The van der Waals surface area contributed by atoms with Crippen molar-refractivity contribution in [1.82, 2.24) is 5.32 Å². The monoisotopic (exact) mass is 506 g/mol. The molecule has 200 valence electrons. The maximum Gasteiger partial charge on any atom is 0.407 e. The van der Waals surface area contributed by atoms with Crippen LogP contribution in [0.2, 0.25) is 0 Å². The molecule has 0 radical (unpaired) electrons. The molecule has 5 aliphatic carbocycles. The van der Waals surface area contributed by atoms with Gasteiger partial charge in [0, 0.05) is 22.4 Å². The Morgan fingerprint density at radius 1 is 1.14 bits per heavy atom. The lowest BCUT2D eigenvalue weighted by atomic mass is 9.41. The molecule has 0 aromatic heterocycles. The summed E-state index contributed by atoms with van der Waals surface area (Å²) in [6.45, 7) is 10.8. The lowest BCUT2D eigenvalue weighted by Crippen LogP contribution is -2.66. The van der Waals surface area contributed by atoms with Gasteiger partial charge in [-0.3, -0.25) is 4.79 Å². The minimum absolute atomic E-state index is 0.0740. The van der Waals surface area contributed by atoms with Crippen LogP contribution in [0.25, 0.3) is 0 Å². The zero-order chi connectivity index (χ0) is 27.0. The van der Waals surface area contributed by atoms with Crippen LogP contribution in [0.15, 0.2) is 34.6 Å². The predicted molar refractivity (Wildman–Crippen MR) is 141 cm³/mol. The number of amides is 1. The van der Waals surface area contributed by atoms with Crippen molar-refractivity contribution >= 4 is 11.9 Å². The van der Waals surface area contributed by atoms with Gasteiger partial charge in [0.1, 0.15) is 0 Å². The number of ether oxygens (including phenoxy) is 1. The minimum Gasteiger partial charge on any atom is -0.512 e. The summed E-state index contributed by atoms with van der Waals surface area (Å²) in [7, 11) is 1.41. The molecule has 0 heterocycles. The largest absolute Gasteiger partial charge is 0.512 e. The van der Waals surface area contributed by atoms with Gasteiger partial charge in [-0.15, -0.1) is 0 Å². The van der Waals surface area contributed by atoms with Crippen molar-refractivity contribution in [3.63, 3.8) is 0 Å². The van der Waals surface area contributed by atoms with Gasteiger partial charge < -0.3 is 15.2 Å². The van der Waals surface area contributed by atoms with Crippen molar-refractivity contribution in [2.45, 2.75) is 91.5 Å². The molecule has 5 aliphatic rings. The number of rotatable bonds is 1. The van der Waals surface area contributed by atoms with E-state index in [1.807, 2.05) is 12.2 Å². The summed E-state index contributed by atoms with van der Waals surface area (Å²) >= 11 is 0. The van der Waals surface area contributed by atoms with E-state index >= 15 is 0 Å². The van der Waals surface area contributed by atoms with Crippen molar-refractivity contribution in [3.05, 3.63) is 34.6 Å². The zero-order valence-electron chi connectivity index (χ0n) is 23.2. The Labute approximate surface area is 221 Å². The Balaban J connectivity index is 1.61. The average molecular weight is 507 g/mol. The number of nitriles is 1. The second-order valence-corrected chi connectivity index (χ2v) is 13.8. The van der Waals surface area contributed by atoms with Gasteiger partial charge in [-0.05, 0) is 93.0 Å². The Morgan fingerprint density at radius 3 is 2.51 bits per heavy atom. The van der Waals surface area contributed by atoms with E-state index in [0.29, 0.717) is 12.0 Å². The van der Waals surface area contributed by atoms with Gasteiger partial charge in [-0.25, -0.2) is 4.79 Å². The summed E-state index contributed by atoms with van der Waals surface area (Å²) in [5.74, 6) is 0.813. The van der Waals surface area contributed by atoms with E-state index in [4.69, 9.17) is 4.74 Å². The molecule has 0 aromatic carbocycles. The standard InChI is InChI=1S/C31H42N2O4/c1-18(34)21-13-20-7-9-29(4)22-8-10-31(33-27(36)37-6)12-11-28(2,3)16-23(31)26(22)24(35)14-25(29)30(20,5)15-19(21)17-32/h14-15,20,22-23,26,34H,7-13,16H2,1-6H3,(H,33,36)/b21-18+. The van der Waals surface area contributed by atoms with Gasteiger partial charge in [0.25, 0.3) is 0 Å². The molecular formula is C31H42N2O4. The van der Waals surface area contributed by atoms with E-state index in [2.05, 4.69) is 39.1 Å². The second-order valence-electron chi connectivity index (χ2n) is 13.8. The average Bonchev–Trinajstić information content (AvgIpc) is 2.84. The number of hydrogen-bond acceptors (Lipinski definition) is 5. The van der Waals surface area contributed by atoms with E-state index in [0.717, 1.165) is 50.5 Å². The highest BCUT2D eigenvalue weighted by atomic mass is 16.5. The van der Waals surface area contributed by atoms with Crippen molar-refractivity contribution in [1.29, 1.82) is 5.26 Å². The first-order chi connectivity index (χ1) is 17.3. The maximum absolute atomic E-state index is 14.2. The number of methoxy groups -OCH3 is 1. The number of aliphatic hydroxyl groups is 1. The third-order valence-corrected chi connectivity index (χ3v) is 11.3. The van der Waals surface area contributed by atoms with Crippen LogP contribution in [0.4, 0.5) is 4.79 Å². The zero-order valence-corrected chi connectivity index (χ0v) is 23.2. The lowest BCUT2D eigenvalue weighted by Gasteiger charge is -2.64. The molecule has 2 N–H and O–H groups in total. The molecule has 0 bridgehead atoms. The van der Waals surface area contributed by atoms with Crippen molar-refractivity contribution in [2.75, 3.05) is 7.11 Å². The van der Waals surface area contributed by atoms with E-state index in [1.54, 1.807) is 6.92 Å². The van der Waals surface area contributed by atoms with Crippen LogP contribution in [0.3, 0.4) is 0 Å². The molecular weight excluding hydrogens is 464 g/mol. The first kappa shape index (κ1) is 26.1. The fourth-order valence-electron chi connectivity index (χ4n) is 9.26. The third kappa shape index (κ3) is 3.79. The van der Waals surface area contributed by atoms with Crippen LogP contribution in [0.5, 0.6) is 0 Å². The molecule has 7 unspecified atom stereocenters. The number of hydrogen-bond donors (Lipinski definition) is 2. The third-order valence-electron chi connectivity index (χ3n) is 11.3. The number of carbonyl (C=O) groups is 2. The first-order valence-corrected chi connectivity index (χ1v) is 13.9. The Morgan fingerprint density at radius 2 is 1.86 bits per heavy atom. The number of aliphatic hydroxyl groups excluding tert-OH is 1. The van der Waals surface area contributed by atoms with E-state index < -0.39 is 11.6 Å². The number of carbonyl (C=O) groups excluding carboxylic acids is 2. The molecule has 5 rings (SSSR count). The Hall–Kier alpha value is -2.55. The Kier molecular flexibility index (Phi) is 5.98. The topological polar surface area (TPSA) is 99.4 Å². The summed E-state index contributed by atoms with van der Waals surface area (Å²) in [5.41, 5.74) is 1.64. The molecule has 6 nitrogen and oxygen atoms in total. The number of fused-ring (bicyclic) bond motifs is 7. The van der Waals surface area contributed by atoms with Gasteiger partial charge in [0.2, 0.25) is 0 Å². The van der Waals surface area contributed by atoms with Crippen molar-refractivity contribution in [3.8, 4) is 6.07 Å². The lowest BCUT2D eigenvalue weighted by molar-refractivity contribution is -0.138. The van der Waals surface area contributed by atoms with Crippen LogP contribution >= 0.6 is 0 Å². The number of ketones is 1. The minimum atomic E-state index is -0.403. The SMILES string of the molecule is COC(=O)NC12CCC3C(C(=O)C=C4C5(C)C=C(C#N)/C(=C(\C)O)CC5CCC43C)C1CC(C)(C)CC2.